The second kappa shape index (κ2) is 7.79. The quantitative estimate of drug-likeness (QED) is 0.510. The molecule has 1 aliphatic rings. The molecule has 0 spiro atoms. The van der Waals surface area contributed by atoms with Crippen molar-refractivity contribution in [2.45, 2.75) is 12.5 Å². The van der Waals surface area contributed by atoms with Crippen LogP contribution in [0.15, 0.2) is 84.9 Å². The van der Waals surface area contributed by atoms with E-state index in [1.807, 2.05) is 42.5 Å². The Morgan fingerprint density at radius 3 is 2.63 bits per heavy atom. The molecular formula is C23H20N4O3. The highest BCUT2D eigenvalue weighted by molar-refractivity contribution is 5.64. The topological polar surface area (TPSA) is 80.9 Å². The van der Waals surface area contributed by atoms with Crippen LogP contribution < -0.4 is 5.32 Å². The second-order valence-corrected chi connectivity index (χ2v) is 7.01. The summed E-state index contributed by atoms with van der Waals surface area (Å²) in [7, 11) is 0. The summed E-state index contributed by atoms with van der Waals surface area (Å²) in [5.41, 5.74) is 3.68. The van der Waals surface area contributed by atoms with Gasteiger partial charge in [-0.3, -0.25) is 0 Å². The first kappa shape index (κ1) is 18.1. The standard InChI is InChI=1S/C23H20N4O3/c28-18-8-6-17(7-9-18)20-13-24-23-11-10-22(26-27(20)23)25-19(21-14-29-15-30-21)12-16-4-2-1-3-5-16/h1-11,13-14,19,28H,12,15H2,(H,25,26). The van der Waals surface area contributed by atoms with Crippen molar-refractivity contribution in [3.8, 4) is 17.0 Å². The van der Waals surface area contributed by atoms with Crippen molar-refractivity contribution < 1.29 is 14.6 Å². The molecule has 2 aromatic heterocycles. The second-order valence-electron chi connectivity index (χ2n) is 7.01. The number of ether oxygens (including phenoxy) is 2. The summed E-state index contributed by atoms with van der Waals surface area (Å²) < 4.78 is 12.7. The summed E-state index contributed by atoms with van der Waals surface area (Å²) in [6.45, 7) is 0.223. The van der Waals surface area contributed by atoms with Crippen LogP contribution in [0.2, 0.25) is 0 Å². The molecule has 1 aliphatic heterocycles. The minimum absolute atomic E-state index is 0.125. The van der Waals surface area contributed by atoms with Gasteiger partial charge in [0.15, 0.2) is 11.4 Å². The van der Waals surface area contributed by atoms with E-state index in [1.165, 1.54) is 5.56 Å². The van der Waals surface area contributed by atoms with Crippen molar-refractivity contribution in [3.63, 3.8) is 0 Å². The number of nitrogens with one attached hydrogen (secondary N) is 1. The molecular weight excluding hydrogens is 380 g/mol. The molecule has 150 valence electrons. The zero-order valence-corrected chi connectivity index (χ0v) is 16.1. The number of benzene rings is 2. The van der Waals surface area contributed by atoms with Gasteiger partial charge in [0.2, 0.25) is 6.79 Å². The van der Waals surface area contributed by atoms with Gasteiger partial charge in [-0.2, -0.15) is 0 Å². The molecule has 0 radical (unpaired) electrons. The SMILES string of the molecule is Oc1ccc(-c2cnc3ccc(NC(Cc4ccccc4)C4=COCO4)nn23)cc1. The molecule has 2 N–H and O–H groups in total. The molecule has 1 atom stereocenters. The Hall–Kier alpha value is -4.00. The number of hydrogen-bond acceptors (Lipinski definition) is 6. The first-order valence-electron chi connectivity index (χ1n) is 9.65. The number of imidazole rings is 1. The Morgan fingerprint density at radius 2 is 1.87 bits per heavy atom. The summed E-state index contributed by atoms with van der Waals surface area (Å²) in [6.07, 6.45) is 4.15. The van der Waals surface area contributed by atoms with E-state index in [-0.39, 0.29) is 18.6 Å². The maximum atomic E-state index is 9.56. The lowest BCUT2D eigenvalue weighted by Gasteiger charge is -2.19. The monoisotopic (exact) mass is 400 g/mol. The van der Waals surface area contributed by atoms with Crippen LogP contribution in [0, 0.1) is 0 Å². The number of nitrogens with zero attached hydrogens (tertiary/aromatic N) is 3. The Labute approximate surface area is 173 Å². The third kappa shape index (κ3) is 3.65. The van der Waals surface area contributed by atoms with Crippen molar-refractivity contribution in [2.75, 3.05) is 12.1 Å². The van der Waals surface area contributed by atoms with Crippen LogP contribution in [-0.4, -0.2) is 32.5 Å². The van der Waals surface area contributed by atoms with Crippen molar-refractivity contribution >= 4 is 11.5 Å². The summed E-state index contributed by atoms with van der Waals surface area (Å²) in [6, 6.07) is 20.9. The van der Waals surface area contributed by atoms with E-state index in [9.17, 15) is 5.11 Å². The molecule has 0 saturated carbocycles. The number of phenolic OH excluding ortho intramolecular Hbond substituents is 1. The van der Waals surface area contributed by atoms with Crippen LogP contribution in [-0.2, 0) is 15.9 Å². The zero-order chi connectivity index (χ0) is 20.3. The van der Waals surface area contributed by atoms with Crippen LogP contribution in [0.1, 0.15) is 5.56 Å². The van der Waals surface area contributed by atoms with Gasteiger partial charge in [-0.1, -0.05) is 30.3 Å². The molecule has 0 aliphatic carbocycles. The van der Waals surface area contributed by atoms with E-state index in [0.29, 0.717) is 5.82 Å². The van der Waals surface area contributed by atoms with E-state index >= 15 is 0 Å². The van der Waals surface area contributed by atoms with Crippen molar-refractivity contribution in [2.24, 2.45) is 0 Å². The summed E-state index contributed by atoms with van der Waals surface area (Å²) in [5, 5.41) is 17.8. The summed E-state index contributed by atoms with van der Waals surface area (Å²) in [4.78, 5) is 4.44. The van der Waals surface area contributed by atoms with Gasteiger partial charge in [-0.25, -0.2) is 9.50 Å². The largest absolute Gasteiger partial charge is 0.508 e. The highest BCUT2D eigenvalue weighted by Gasteiger charge is 2.21. The smallest absolute Gasteiger partial charge is 0.229 e. The van der Waals surface area contributed by atoms with E-state index in [1.54, 1.807) is 29.1 Å². The average molecular weight is 400 g/mol. The molecule has 3 heterocycles. The predicted molar refractivity (Wildman–Crippen MR) is 113 cm³/mol. The van der Waals surface area contributed by atoms with Crippen LogP contribution in [0.3, 0.4) is 0 Å². The van der Waals surface area contributed by atoms with Crippen molar-refractivity contribution in [1.82, 2.24) is 14.6 Å². The van der Waals surface area contributed by atoms with Gasteiger partial charge in [0.25, 0.3) is 0 Å². The predicted octanol–water partition coefficient (Wildman–Crippen LogP) is 3.97. The lowest BCUT2D eigenvalue weighted by atomic mass is 10.0. The third-order valence-electron chi connectivity index (χ3n) is 4.97. The lowest BCUT2D eigenvalue weighted by molar-refractivity contribution is 0.0764. The minimum atomic E-state index is -0.125. The molecule has 2 aromatic carbocycles. The number of fused-ring (bicyclic) bond motifs is 1. The fraction of sp³-hybridized carbons (Fsp3) is 0.130. The number of rotatable bonds is 6. The summed E-state index contributed by atoms with van der Waals surface area (Å²) in [5.74, 6) is 1.65. The number of aromatic hydroxyl groups is 1. The van der Waals surface area contributed by atoms with Crippen molar-refractivity contribution in [3.05, 3.63) is 90.5 Å². The fourth-order valence-electron chi connectivity index (χ4n) is 3.47. The average Bonchev–Trinajstić information content (AvgIpc) is 3.45. The van der Waals surface area contributed by atoms with E-state index in [4.69, 9.17) is 14.6 Å². The molecule has 5 rings (SSSR count). The van der Waals surface area contributed by atoms with Gasteiger partial charge in [-0.15, -0.1) is 5.10 Å². The Bertz CT molecular complexity index is 1190. The van der Waals surface area contributed by atoms with Crippen LogP contribution >= 0.6 is 0 Å². The van der Waals surface area contributed by atoms with Crippen LogP contribution in [0.4, 0.5) is 5.82 Å². The van der Waals surface area contributed by atoms with Gasteiger partial charge in [0.05, 0.1) is 17.9 Å². The first-order valence-corrected chi connectivity index (χ1v) is 9.65. The van der Waals surface area contributed by atoms with Gasteiger partial charge in [0.1, 0.15) is 17.8 Å². The van der Waals surface area contributed by atoms with Gasteiger partial charge in [0, 0.05) is 5.56 Å². The molecule has 0 bridgehead atoms. The molecule has 30 heavy (non-hydrogen) atoms. The highest BCUT2D eigenvalue weighted by Crippen LogP contribution is 2.24. The van der Waals surface area contributed by atoms with Crippen LogP contribution in [0.25, 0.3) is 16.9 Å². The Morgan fingerprint density at radius 1 is 1.03 bits per heavy atom. The zero-order valence-electron chi connectivity index (χ0n) is 16.1. The maximum absolute atomic E-state index is 9.56. The number of phenols is 1. The summed E-state index contributed by atoms with van der Waals surface area (Å²) >= 11 is 0. The van der Waals surface area contributed by atoms with E-state index in [2.05, 4.69) is 22.4 Å². The third-order valence-corrected chi connectivity index (χ3v) is 4.97. The van der Waals surface area contributed by atoms with Crippen molar-refractivity contribution in [1.29, 1.82) is 0 Å². The minimum Gasteiger partial charge on any atom is -0.508 e. The molecule has 7 nitrogen and oxygen atoms in total. The lowest BCUT2D eigenvalue weighted by Crippen LogP contribution is -2.26. The molecule has 0 amide bonds. The van der Waals surface area contributed by atoms with Gasteiger partial charge in [-0.05, 0) is 48.4 Å². The highest BCUT2D eigenvalue weighted by atomic mass is 16.7. The number of aromatic nitrogens is 3. The maximum Gasteiger partial charge on any atom is 0.229 e. The van der Waals surface area contributed by atoms with Gasteiger partial charge >= 0.3 is 0 Å². The molecule has 1 unspecified atom stereocenters. The van der Waals surface area contributed by atoms with Crippen LogP contribution in [0.5, 0.6) is 5.75 Å². The van der Waals surface area contributed by atoms with E-state index in [0.717, 1.165) is 29.1 Å². The number of hydrogen-bond donors (Lipinski definition) is 2. The Kier molecular flexibility index (Phi) is 4.69. The fourth-order valence-corrected chi connectivity index (χ4v) is 3.47. The Balaban J connectivity index is 1.46. The van der Waals surface area contributed by atoms with Gasteiger partial charge < -0.3 is 19.9 Å². The molecule has 0 saturated heterocycles. The first-order chi connectivity index (χ1) is 14.8. The molecule has 4 aromatic rings. The molecule has 0 fully saturated rings. The van der Waals surface area contributed by atoms with E-state index < -0.39 is 0 Å². The molecule has 7 heteroatoms. The normalized spacial score (nSPS) is 14.1. The number of anilines is 1.